The maximum absolute atomic E-state index is 11.6. The van der Waals surface area contributed by atoms with Crippen molar-refractivity contribution in [1.82, 2.24) is 10.3 Å². The summed E-state index contributed by atoms with van der Waals surface area (Å²) in [4.78, 5) is 26.1. The monoisotopic (exact) mass is 251 g/mol. The highest BCUT2D eigenvalue weighted by atomic mass is 16.2. The Morgan fingerprint density at radius 3 is 2.61 bits per heavy atom. The van der Waals surface area contributed by atoms with Crippen LogP contribution in [0.4, 0.5) is 5.82 Å². The van der Waals surface area contributed by atoms with Crippen molar-refractivity contribution in [1.29, 1.82) is 0 Å². The zero-order chi connectivity index (χ0) is 13.4. The molecule has 98 valence electrons. The van der Waals surface area contributed by atoms with E-state index in [4.69, 9.17) is 11.6 Å². The standard InChI is InChI=1S/C11H17N5O2/c12-9(17)3-1-2-6-14-11(18)8-4-5-10(16-13)15-7-8/h4-5,7H,1-3,6,13H2,(H2,12,17)(H,14,18)(H,15,16). The molecule has 0 aliphatic heterocycles. The van der Waals surface area contributed by atoms with Crippen LogP contribution in [0.3, 0.4) is 0 Å². The third-order valence-corrected chi connectivity index (χ3v) is 2.31. The van der Waals surface area contributed by atoms with Crippen LogP contribution in [0, 0.1) is 0 Å². The van der Waals surface area contributed by atoms with Crippen molar-refractivity contribution >= 4 is 17.6 Å². The Hall–Kier alpha value is -2.15. The summed E-state index contributed by atoms with van der Waals surface area (Å²) in [6, 6.07) is 3.24. The second-order valence-electron chi connectivity index (χ2n) is 3.76. The highest BCUT2D eigenvalue weighted by molar-refractivity contribution is 5.94. The molecule has 0 radical (unpaired) electrons. The van der Waals surface area contributed by atoms with Gasteiger partial charge in [0.15, 0.2) is 0 Å². The fraction of sp³-hybridized carbons (Fsp3) is 0.364. The molecule has 0 saturated heterocycles. The SMILES string of the molecule is NNc1ccc(C(=O)NCCCCC(N)=O)cn1. The first-order valence-corrected chi connectivity index (χ1v) is 5.62. The van der Waals surface area contributed by atoms with Gasteiger partial charge in [0.1, 0.15) is 5.82 Å². The van der Waals surface area contributed by atoms with Gasteiger partial charge in [-0.25, -0.2) is 10.8 Å². The minimum Gasteiger partial charge on any atom is -0.370 e. The van der Waals surface area contributed by atoms with Gasteiger partial charge in [0.25, 0.3) is 5.91 Å². The number of unbranched alkanes of at least 4 members (excludes halogenated alkanes) is 1. The number of carbonyl (C=O) groups is 2. The number of anilines is 1. The van der Waals surface area contributed by atoms with E-state index in [9.17, 15) is 9.59 Å². The Morgan fingerprint density at radius 2 is 2.06 bits per heavy atom. The van der Waals surface area contributed by atoms with Crippen LogP contribution in [0.1, 0.15) is 29.6 Å². The molecule has 0 aromatic carbocycles. The number of carbonyl (C=O) groups excluding carboxylic acids is 2. The molecule has 0 aliphatic rings. The molecule has 0 bridgehead atoms. The molecule has 18 heavy (non-hydrogen) atoms. The maximum Gasteiger partial charge on any atom is 0.252 e. The third kappa shape index (κ3) is 4.79. The second-order valence-corrected chi connectivity index (χ2v) is 3.76. The van der Waals surface area contributed by atoms with E-state index >= 15 is 0 Å². The molecule has 0 fully saturated rings. The number of aromatic nitrogens is 1. The van der Waals surface area contributed by atoms with Crippen molar-refractivity contribution in [2.45, 2.75) is 19.3 Å². The van der Waals surface area contributed by atoms with Gasteiger partial charge in [0, 0.05) is 19.2 Å². The highest BCUT2D eigenvalue weighted by Gasteiger charge is 2.05. The van der Waals surface area contributed by atoms with Crippen LogP contribution < -0.4 is 22.3 Å². The van der Waals surface area contributed by atoms with E-state index < -0.39 is 0 Å². The van der Waals surface area contributed by atoms with Gasteiger partial charge in [0.2, 0.25) is 5.91 Å². The number of amides is 2. The van der Waals surface area contributed by atoms with Crippen molar-refractivity contribution in [3.05, 3.63) is 23.9 Å². The Bertz CT molecular complexity index is 404. The molecular formula is C11H17N5O2. The van der Waals surface area contributed by atoms with E-state index in [2.05, 4.69) is 15.7 Å². The lowest BCUT2D eigenvalue weighted by molar-refractivity contribution is -0.118. The summed E-state index contributed by atoms with van der Waals surface area (Å²) in [5, 5.41) is 2.73. The average Bonchev–Trinajstić information content (AvgIpc) is 2.38. The van der Waals surface area contributed by atoms with E-state index in [-0.39, 0.29) is 11.8 Å². The van der Waals surface area contributed by atoms with Crippen molar-refractivity contribution < 1.29 is 9.59 Å². The molecule has 7 nitrogen and oxygen atoms in total. The van der Waals surface area contributed by atoms with Crippen LogP contribution in [-0.4, -0.2) is 23.3 Å². The van der Waals surface area contributed by atoms with E-state index in [1.54, 1.807) is 12.1 Å². The van der Waals surface area contributed by atoms with Gasteiger partial charge >= 0.3 is 0 Å². The normalized spacial score (nSPS) is 9.83. The average molecular weight is 251 g/mol. The van der Waals surface area contributed by atoms with E-state index in [0.717, 1.165) is 0 Å². The van der Waals surface area contributed by atoms with E-state index in [1.807, 2.05) is 0 Å². The summed E-state index contributed by atoms with van der Waals surface area (Å²) in [5.41, 5.74) is 7.84. The molecule has 6 N–H and O–H groups in total. The lowest BCUT2D eigenvalue weighted by Gasteiger charge is -2.05. The quantitative estimate of drug-likeness (QED) is 0.302. The van der Waals surface area contributed by atoms with Crippen LogP contribution in [0.2, 0.25) is 0 Å². The predicted molar refractivity (Wildman–Crippen MR) is 67.4 cm³/mol. The molecule has 0 atom stereocenters. The van der Waals surface area contributed by atoms with Gasteiger partial charge in [-0.3, -0.25) is 9.59 Å². The van der Waals surface area contributed by atoms with Crippen molar-refractivity contribution in [2.75, 3.05) is 12.0 Å². The number of nitrogen functional groups attached to an aromatic ring is 1. The second kappa shape index (κ2) is 7.23. The van der Waals surface area contributed by atoms with Crippen LogP contribution in [0.5, 0.6) is 0 Å². The summed E-state index contributed by atoms with van der Waals surface area (Å²) >= 11 is 0. The first-order valence-electron chi connectivity index (χ1n) is 5.62. The largest absolute Gasteiger partial charge is 0.370 e. The smallest absolute Gasteiger partial charge is 0.252 e. The lowest BCUT2D eigenvalue weighted by atomic mass is 10.2. The lowest BCUT2D eigenvalue weighted by Crippen LogP contribution is -2.25. The minimum atomic E-state index is -0.324. The van der Waals surface area contributed by atoms with Crippen LogP contribution in [-0.2, 0) is 4.79 Å². The minimum absolute atomic E-state index is 0.204. The zero-order valence-electron chi connectivity index (χ0n) is 9.98. The Kier molecular flexibility index (Phi) is 5.59. The Labute approximate surface area is 105 Å². The number of nitrogens with zero attached hydrogens (tertiary/aromatic N) is 1. The van der Waals surface area contributed by atoms with Crippen LogP contribution in [0.15, 0.2) is 18.3 Å². The first kappa shape index (κ1) is 13.9. The predicted octanol–water partition coefficient (Wildman–Crippen LogP) is -0.247. The van der Waals surface area contributed by atoms with Gasteiger partial charge in [-0.1, -0.05) is 0 Å². The number of nitrogens with one attached hydrogen (secondary N) is 2. The summed E-state index contributed by atoms with van der Waals surface area (Å²) < 4.78 is 0. The van der Waals surface area contributed by atoms with Crippen LogP contribution >= 0.6 is 0 Å². The fourth-order valence-electron chi connectivity index (χ4n) is 1.34. The number of hydrogen-bond donors (Lipinski definition) is 4. The highest BCUT2D eigenvalue weighted by Crippen LogP contribution is 2.03. The molecule has 2 amide bonds. The van der Waals surface area contributed by atoms with E-state index in [0.29, 0.717) is 37.2 Å². The summed E-state index contributed by atoms with van der Waals surface area (Å²) in [7, 11) is 0. The summed E-state index contributed by atoms with van der Waals surface area (Å²) in [5.74, 6) is 5.13. The number of primary amides is 1. The molecule has 0 unspecified atom stereocenters. The molecule has 0 spiro atoms. The van der Waals surface area contributed by atoms with Gasteiger partial charge in [-0.2, -0.15) is 0 Å². The maximum atomic E-state index is 11.6. The Balaban J connectivity index is 2.29. The molecular weight excluding hydrogens is 234 g/mol. The van der Waals surface area contributed by atoms with Gasteiger partial charge < -0.3 is 16.5 Å². The van der Waals surface area contributed by atoms with Gasteiger partial charge in [0.05, 0.1) is 5.56 Å². The van der Waals surface area contributed by atoms with Gasteiger partial charge in [-0.05, 0) is 25.0 Å². The summed E-state index contributed by atoms with van der Waals surface area (Å²) in [6.07, 6.45) is 3.16. The number of hydrogen-bond acceptors (Lipinski definition) is 5. The number of nitrogens with two attached hydrogens (primary N) is 2. The molecule has 0 saturated carbocycles. The molecule has 7 heteroatoms. The van der Waals surface area contributed by atoms with E-state index in [1.165, 1.54) is 6.20 Å². The molecule has 1 heterocycles. The van der Waals surface area contributed by atoms with Crippen molar-refractivity contribution in [3.8, 4) is 0 Å². The number of rotatable bonds is 7. The first-order chi connectivity index (χ1) is 8.63. The third-order valence-electron chi connectivity index (χ3n) is 2.31. The topological polar surface area (TPSA) is 123 Å². The molecule has 1 aromatic rings. The van der Waals surface area contributed by atoms with Crippen LogP contribution in [0.25, 0.3) is 0 Å². The van der Waals surface area contributed by atoms with Gasteiger partial charge in [-0.15, -0.1) is 0 Å². The summed E-state index contributed by atoms with van der Waals surface area (Å²) in [6.45, 7) is 0.503. The molecule has 0 aliphatic carbocycles. The van der Waals surface area contributed by atoms with Crippen molar-refractivity contribution in [3.63, 3.8) is 0 Å². The number of pyridine rings is 1. The molecule has 1 rings (SSSR count). The molecule has 1 aromatic heterocycles. The fourth-order valence-corrected chi connectivity index (χ4v) is 1.34. The van der Waals surface area contributed by atoms with Crippen molar-refractivity contribution in [2.24, 2.45) is 11.6 Å². The zero-order valence-corrected chi connectivity index (χ0v) is 9.98. The number of hydrazine groups is 1. The Morgan fingerprint density at radius 1 is 1.28 bits per heavy atom.